The Morgan fingerprint density at radius 2 is 1.33 bits per heavy atom. The fourth-order valence-electron chi connectivity index (χ4n) is 6.52. The van der Waals surface area contributed by atoms with Crippen molar-refractivity contribution in [3.63, 3.8) is 0 Å². The monoisotopic (exact) mass is 598 g/mol. The Hall–Kier alpha value is -5.87. The number of para-hydroxylation sites is 3. The Morgan fingerprint density at radius 3 is 1.98 bits per heavy atom. The molecule has 0 N–H and O–H groups in total. The molecule has 0 fully saturated rings. The zero-order valence-electron chi connectivity index (χ0n) is 26.0. The predicted molar refractivity (Wildman–Crippen MR) is 192 cm³/mol. The highest BCUT2D eigenvalue weighted by Crippen LogP contribution is 2.38. The Balaban J connectivity index is 1.25. The first-order valence-electron chi connectivity index (χ1n) is 15.4. The fourth-order valence-corrected chi connectivity index (χ4v) is 6.52. The van der Waals surface area contributed by atoms with E-state index in [1.807, 2.05) is 30.4 Å². The van der Waals surface area contributed by atoms with Crippen molar-refractivity contribution in [3.8, 4) is 16.8 Å². The summed E-state index contributed by atoms with van der Waals surface area (Å²) in [5.74, 6) is -0.0735. The lowest BCUT2D eigenvalue weighted by Gasteiger charge is -2.27. The molecule has 224 valence electrons. The van der Waals surface area contributed by atoms with Gasteiger partial charge in [0.1, 0.15) is 5.76 Å². The summed E-state index contributed by atoms with van der Waals surface area (Å²) in [4.78, 5) is 14.2. The van der Waals surface area contributed by atoms with Crippen molar-refractivity contribution in [2.24, 2.45) is 0 Å². The van der Waals surface area contributed by atoms with Crippen LogP contribution in [0.25, 0.3) is 44.2 Å². The number of rotatable bonds is 5. The van der Waals surface area contributed by atoms with Crippen molar-refractivity contribution in [1.82, 2.24) is 4.57 Å². The van der Waals surface area contributed by atoms with Crippen molar-refractivity contribution >= 4 is 44.7 Å². The van der Waals surface area contributed by atoms with Crippen molar-refractivity contribution in [2.75, 3.05) is 11.4 Å². The van der Waals surface area contributed by atoms with Gasteiger partial charge in [0.05, 0.1) is 11.0 Å². The summed E-state index contributed by atoms with van der Waals surface area (Å²) in [6.07, 6.45) is 6.77. The van der Waals surface area contributed by atoms with Gasteiger partial charge in [0.25, 0.3) is 0 Å². The molecule has 6 aromatic rings. The Morgan fingerprint density at radius 1 is 0.739 bits per heavy atom. The second kappa shape index (κ2) is 11.9. The summed E-state index contributed by atoms with van der Waals surface area (Å²) in [6, 6.07) is 38.8. The lowest BCUT2D eigenvalue weighted by Crippen LogP contribution is -2.18. The molecule has 0 amide bonds. The highest BCUT2D eigenvalue weighted by Gasteiger charge is 2.18. The second-order valence-electron chi connectivity index (χ2n) is 11.6. The van der Waals surface area contributed by atoms with E-state index in [1.54, 1.807) is 6.08 Å². The maximum Gasteiger partial charge on any atom is 0.335 e. The van der Waals surface area contributed by atoms with Gasteiger partial charge in [0.2, 0.25) is 0 Å². The van der Waals surface area contributed by atoms with Gasteiger partial charge >= 0.3 is 5.97 Å². The number of fused-ring (bicyclic) bond motifs is 4. The lowest BCUT2D eigenvalue weighted by molar-refractivity contribution is -0.133. The molecule has 2 heterocycles. The topological polar surface area (TPSA) is 34.5 Å². The molecule has 0 bridgehead atoms. The van der Waals surface area contributed by atoms with E-state index in [4.69, 9.17) is 4.74 Å². The summed E-state index contributed by atoms with van der Waals surface area (Å²) < 4.78 is 7.82. The smallest absolute Gasteiger partial charge is 0.335 e. The molecule has 0 saturated carbocycles. The first kappa shape index (κ1) is 28.9. The van der Waals surface area contributed by atoms with Crippen LogP contribution < -0.4 is 4.90 Å². The van der Waals surface area contributed by atoms with Crippen LogP contribution in [-0.2, 0) is 9.53 Å². The molecular formula is C42H34N2O2. The van der Waals surface area contributed by atoms with Gasteiger partial charge in [0.15, 0.2) is 0 Å². The number of carbonyl (C=O) groups excluding carboxylic acids is 1. The predicted octanol–water partition coefficient (Wildman–Crippen LogP) is 10.4. The molecule has 1 aromatic heterocycles. The Kier molecular flexibility index (Phi) is 7.47. The average molecular weight is 599 g/mol. The Bertz CT molecular complexity index is 2190. The molecule has 7 rings (SSSR count). The molecule has 0 atom stereocenters. The van der Waals surface area contributed by atoms with E-state index in [1.165, 1.54) is 44.1 Å². The zero-order valence-corrected chi connectivity index (χ0v) is 26.0. The number of allylic oxidation sites excluding steroid dienone is 3. The molecule has 0 unspecified atom stereocenters. The highest BCUT2D eigenvalue weighted by atomic mass is 16.5. The number of anilines is 2. The minimum absolute atomic E-state index is 0.429. The number of aryl methyl sites for hydroxylation is 2. The van der Waals surface area contributed by atoms with Gasteiger partial charge in [-0.2, -0.15) is 0 Å². The van der Waals surface area contributed by atoms with Crippen LogP contribution in [0.3, 0.4) is 0 Å². The summed E-state index contributed by atoms with van der Waals surface area (Å²) in [7, 11) is 0. The molecule has 0 spiro atoms. The first-order chi connectivity index (χ1) is 22.4. The quantitative estimate of drug-likeness (QED) is 0.146. The normalized spacial score (nSPS) is 15.0. The van der Waals surface area contributed by atoms with E-state index >= 15 is 0 Å². The van der Waals surface area contributed by atoms with Crippen LogP contribution in [0.5, 0.6) is 0 Å². The first-order valence-corrected chi connectivity index (χ1v) is 15.4. The van der Waals surface area contributed by atoms with Crippen molar-refractivity contribution in [1.29, 1.82) is 0 Å². The third kappa shape index (κ3) is 5.14. The number of hydrogen-bond donors (Lipinski definition) is 0. The molecule has 46 heavy (non-hydrogen) atoms. The maximum atomic E-state index is 11.9. The molecule has 0 saturated heterocycles. The van der Waals surface area contributed by atoms with Gasteiger partial charge in [-0.25, -0.2) is 4.79 Å². The van der Waals surface area contributed by atoms with E-state index in [0.29, 0.717) is 12.3 Å². The zero-order chi connectivity index (χ0) is 31.8. The number of carbonyl (C=O) groups is 1. The summed E-state index contributed by atoms with van der Waals surface area (Å²) in [5.41, 5.74) is 12.2. The van der Waals surface area contributed by atoms with Gasteiger partial charge in [-0.15, -0.1) is 0 Å². The van der Waals surface area contributed by atoms with Crippen LogP contribution in [0.2, 0.25) is 0 Å². The van der Waals surface area contributed by atoms with Gasteiger partial charge in [-0.1, -0.05) is 86.0 Å². The van der Waals surface area contributed by atoms with Crippen molar-refractivity contribution < 1.29 is 9.53 Å². The lowest BCUT2D eigenvalue weighted by atomic mass is 9.95. The number of esters is 1. The Labute approximate surface area is 269 Å². The number of benzene rings is 5. The summed E-state index contributed by atoms with van der Waals surface area (Å²) >= 11 is 0. The van der Waals surface area contributed by atoms with E-state index in [0.717, 1.165) is 34.3 Å². The SMILES string of the molecule is C=CC(=O)OC1=C/C(=C)c2ccccc2N(c2ccc(-c3ccc(-n4c5ccccc5c5ccccc54)cc3C)c(C)c2)C/C=C\1. The van der Waals surface area contributed by atoms with Gasteiger partial charge < -0.3 is 14.2 Å². The van der Waals surface area contributed by atoms with Crippen LogP contribution in [0, 0.1) is 13.8 Å². The number of ether oxygens (including phenoxy) is 1. The van der Waals surface area contributed by atoms with Crippen LogP contribution in [-0.4, -0.2) is 17.1 Å². The number of nitrogens with zero attached hydrogens (tertiary/aromatic N) is 2. The minimum Gasteiger partial charge on any atom is -0.423 e. The van der Waals surface area contributed by atoms with Crippen LogP contribution in [0.4, 0.5) is 11.4 Å². The highest BCUT2D eigenvalue weighted by molar-refractivity contribution is 6.09. The molecule has 1 aliphatic heterocycles. The fraction of sp³-hybridized carbons (Fsp3) is 0.0714. The molecule has 4 nitrogen and oxygen atoms in total. The van der Waals surface area contributed by atoms with Crippen LogP contribution in [0.1, 0.15) is 16.7 Å². The van der Waals surface area contributed by atoms with E-state index in [9.17, 15) is 4.79 Å². The van der Waals surface area contributed by atoms with Crippen molar-refractivity contribution in [3.05, 3.63) is 169 Å². The van der Waals surface area contributed by atoms with Gasteiger partial charge in [-0.3, -0.25) is 0 Å². The van der Waals surface area contributed by atoms with Crippen LogP contribution >= 0.6 is 0 Å². The second-order valence-corrected chi connectivity index (χ2v) is 11.6. The molecule has 1 aliphatic rings. The largest absolute Gasteiger partial charge is 0.423 e. The summed E-state index contributed by atoms with van der Waals surface area (Å²) in [6.45, 7) is 12.8. The number of hydrogen-bond acceptors (Lipinski definition) is 3. The molecule has 4 heteroatoms. The third-order valence-electron chi connectivity index (χ3n) is 8.67. The molecule has 0 radical (unpaired) electrons. The van der Waals surface area contributed by atoms with Crippen LogP contribution in [0.15, 0.2) is 152 Å². The van der Waals surface area contributed by atoms with E-state index in [2.05, 4.69) is 127 Å². The minimum atomic E-state index is -0.502. The molecule has 5 aromatic carbocycles. The van der Waals surface area contributed by atoms with Crippen molar-refractivity contribution in [2.45, 2.75) is 13.8 Å². The summed E-state index contributed by atoms with van der Waals surface area (Å²) in [5, 5.41) is 2.52. The van der Waals surface area contributed by atoms with E-state index in [-0.39, 0.29) is 0 Å². The van der Waals surface area contributed by atoms with Gasteiger partial charge in [0, 0.05) is 46.0 Å². The van der Waals surface area contributed by atoms with E-state index < -0.39 is 5.97 Å². The van der Waals surface area contributed by atoms with Gasteiger partial charge in [-0.05, 0) is 96.3 Å². The molecule has 0 aliphatic carbocycles. The molecular weight excluding hydrogens is 564 g/mol. The number of aromatic nitrogens is 1. The standard InChI is InChI=1S/C42H34N2O2/c1-5-42(45)46-33-13-12-24-43(39-17-9-6-14-36(39)30(4)27-33)31-20-22-34(28(2)25-31)35-23-21-32(26-29(35)3)44-40-18-10-7-15-37(40)38-16-8-11-19-41(38)44/h5-23,25-27H,1,4,24H2,2-3H3/b13-12-,33-27+. The maximum absolute atomic E-state index is 11.9. The average Bonchev–Trinajstić information content (AvgIpc) is 3.43. The third-order valence-corrected chi connectivity index (χ3v) is 8.67.